The van der Waals surface area contributed by atoms with Gasteiger partial charge in [-0.2, -0.15) is 0 Å². The summed E-state index contributed by atoms with van der Waals surface area (Å²) < 4.78 is 6.98. The number of benzene rings is 1. The van der Waals surface area contributed by atoms with E-state index in [0.717, 1.165) is 14.7 Å². The third-order valence-corrected chi connectivity index (χ3v) is 4.52. The molecule has 2 aromatic heterocycles. The number of hydrogen-bond donors (Lipinski definition) is 1. The second-order valence-electron chi connectivity index (χ2n) is 6.88. The lowest BCUT2D eigenvalue weighted by atomic mass is 10.1. The number of ether oxygens (including phenoxy) is 1. The zero-order valence-corrected chi connectivity index (χ0v) is 17.2. The monoisotopic (exact) mass is 410 g/mol. The summed E-state index contributed by atoms with van der Waals surface area (Å²) >= 11 is 0. The van der Waals surface area contributed by atoms with Crippen molar-refractivity contribution in [3.05, 3.63) is 68.0 Å². The van der Waals surface area contributed by atoms with Crippen LogP contribution in [0.1, 0.15) is 28.5 Å². The second-order valence-corrected chi connectivity index (χ2v) is 6.88. The fraction of sp³-hybridized carbons (Fsp3) is 0.286. The molecule has 30 heavy (non-hydrogen) atoms. The lowest BCUT2D eigenvalue weighted by Gasteiger charge is -2.13. The number of fused-ring (bicyclic) bond motifs is 1. The summed E-state index contributed by atoms with van der Waals surface area (Å²) in [6.07, 6.45) is 0. The molecule has 0 saturated carbocycles. The van der Waals surface area contributed by atoms with Crippen LogP contribution in [0.25, 0.3) is 11.0 Å². The average molecular weight is 410 g/mol. The number of nitrogens with zero attached hydrogens (tertiary/aromatic N) is 3. The van der Waals surface area contributed by atoms with Gasteiger partial charge < -0.3 is 10.1 Å². The van der Waals surface area contributed by atoms with Crippen molar-refractivity contribution < 1.29 is 14.3 Å². The first-order chi connectivity index (χ1) is 14.2. The van der Waals surface area contributed by atoms with Crippen molar-refractivity contribution in [3.8, 4) is 0 Å². The van der Waals surface area contributed by atoms with Crippen LogP contribution in [-0.4, -0.2) is 32.6 Å². The first-order valence-corrected chi connectivity index (χ1v) is 9.37. The molecule has 9 heteroatoms. The van der Waals surface area contributed by atoms with Gasteiger partial charge in [-0.3, -0.25) is 18.7 Å². The molecule has 0 radical (unpaired) electrons. The highest BCUT2D eigenvalue weighted by Crippen LogP contribution is 2.15. The highest BCUT2D eigenvalue weighted by Gasteiger charge is 2.22. The average Bonchev–Trinajstić information content (AvgIpc) is 2.69. The maximum atomic E-state index is 13.1. The van der Waals surface area contributed by atoms with E-state index < -0.39 is 29.7 Å². The lowest BCUT2D eigenvalue weighted by Crippen LogP contribution is -2.42. The maximum absolute atomic E-state index is 13.1. The van der Waals surface area contributed by atoms with Crippen LogP contribution < -0.4 is 16.6 Å². The Bertz CT molecular complexity index is 1270. The third-order valence-electron chi connectivity index (χ3n) is 4.52. The zero-order chi connectivity index (χ0) is 22.0. The van der Waals surface area contributed by atoms with Gasteiger partial charge in [-0.1, -0.05) is 12.1 Å². The number of carbonyl (C=O) groups excluding carboxylic acids is 2. The number of aryl methyl sites for hydroxylation is 3. The van der Waals surface area contributed by atoms with Gasteiger partial charge >= 0.3 is 11.7 Å². The summed E-state index contributed by atoms with van der Waals surface area (Å²) in [6.45, 7) is 4.79. The van der Waals surface area contributed by atoms with Crippen LogP contribution >= 0.6 is 0 Å². The fourth-order valence-electron chi connectivity index (χ4n) is 3.18. The maximum Gasteiger partial charge on any atom is 0.339 e. The number of hydrogen-bond acceptors (Lipinski definition) is 6. The number of nitrogens with one attached hydrogen (secondary N) is 1. The first kappa shape index (κ1) is 21.0. The van der Waals surface area contributed by atoms with Crippen molar-refractivity contribution in [2.75, 3.05) is 11.9 Å². The van der Waals surface area contributed by atoms with Crippen molar-refractivity contribution >= 4 is 28.6 Å². The highest BCUT2D eigenvalue weighted by molar-refractivity contribution is 6.02. The van der Waals surface area contributed by atoms with Gasteiger partial charge in [0.15, 0.2) is 0 Å². The second kappa shape index (κ2) is 8.32. The minimum Gasteiger partial charge on any atom is -0.462 e. The molecule has 2 heterocycles. The summed E-state index contributed by atoms with van der Waals surface area (Å²) in [5, 5.41) is 2.60. The SMILES string of the molecule is CCOC(=O)c1cc(C)nc2c1c(=O)n(CC(=O)Nc1cccc(C)c1)c(=O)n2C. The standard InChI is InChI=1S/C21H22N4O5/c1-5-30-20(28)15-10-13(3)22-18-17(15)19(27)25(21(29)24(18)4)11-16(26)23-14-8-6-7-12(2)9-14/h6-10H,5,11H2,1-4H3,(H,23,26). The van der Waals surface area contributed by atoms with Crippen molar-refractivity contribution in [2.24, 2.45) is 7.05 Å². The van der Waals surface area contributed by atoms with E-state index >= 15 is 0 Å². The van der Waals surface area contributed by atoms with E-state index in [2.05, 4.69) is 10.3 Å². The van der Waals surface area contributed by atoms with Crippen molar-refractivity contribution in [2.45, 2.75) is 27.3 Å². The van der Waals surface area contributed by atoms with E-state index in [1.165, 1.54) is 13.1 Å². The molecular formula is C21H22N4O5. The van der Waals surface area contributed by atoms with Crippen LogP contribution in [0.5, 0.6) is 0 Å². The molecule has 0 bridgehead atoms. The number of anilines is 1. The Hall–Kier alpha value is -3.75. The predicted molar refractivity (Wildman–Crippen MR) is 112 cm³/mol. The molecular weight excluding hydrogens is 388 g/mol. The molecule has 1 N–H and O–H groups in total. The smallest absolute Gasteiger partial charge is 0.339 e. The van der Waals surface area contributed by atoms with E-state index in [1.807, 2.05) is 13.0 Å². The highest BCUT2D eigenvalue weighted by atomic mass is 16.5. The molecule has 0 spiro atoms. The van der Waals surface area contributed by atoms with Crippen molar-refractivity contribution in [1.82, 2.24) is 14.1 Å². The Morgan fingerprint density at radius 3 is 2.57 bits per heavy atom. The van der Waals surface area contributed by atoms with E-state index in [1.54, 1.807) is 32.0 Å². The fourth-order valence-corrected chi connectivity index (χ4v) is 3.18. The van der Waals surface area contributed by atoms with Gasteiger partial charge in [0.25, 0.3) is 5.56 Å². The Balaban J connectivity index is 2.11. The Morgan fingerprint density at radius 1 is 1.17 bits per heavy atom. The first-order valence-electron chi connectivity index (χ1n) is 9.37. The summed E-state index contributed by atoms with van der Waals surface area (Å²) in [7, 11) is 1.43. The molecule has 0 aliphatic heterocycles. The van der Waals surface area contributed by atoms with Crippen molar-refractivity contribution in [1.29, 1.82) is 0 Å². The summed E-state index contributed by atoms with van der Waals surface area (Å²) in [4.78, 5) is 55.0. The van der Waals surface area contributed by atoms with E-state index in [0.29, 0.717) is 11.4 Å². The molecule has 0 aliphatic carbocycles. The van der Waals surface area contributed by atoms with Gasteiger partial charge in [-0.15, -0.1) is 0 Å². The summed E-state index contributed by atoms with van der Waals surface area (Å²) in [6, 6.07) is 8.57. The Labute approximate surface area is 171 Å². The molecule has 0 saturated heterocycles. The van der Waals surface area contributed by atoms with Gasteiger partial charge in [0, 0.05) is 18.4 Å². The van der Waals surface area contributed by atoms with Crippen molar-refractivity contribution in [3.63, 3.8) is 0 Å². The number of rotatable bonds is 5. The van der Waals surface area contributed by atoms with Gasteiger partial charge in [0.1, 0.15) is 12.2 Å². The minimum atomic E-state index is -0.775. The molecule has 1 aromatic carbocycles. The Kier molecular flexibility index (Phi) is 5.81. The predicted octanol–water partition coefficient (Wildman–Crippen LogP) is 1.53. The van der Waals surface area contributed by atoms with Gasteiger partial charge in [-0.25, -0.2) is 14.6 Å². The van der Waals surface area contributed by atoms with E-state index in [9.17, 15) is 19.2 Å². The molecule has 156 valence electrons. The summed E-state index contributed by atoms with van der Waals surface area (Å²) in [5.74, 6) is -1.24. The van der Waals surface area contributed by atoms with Crippen LogP contribution in [0.3, 0.4) is 0 Å². The molecule has 0 aliphatic rings. The van der Waals surface area contributed by atoms with Crippen LogP contribution in [0.2, 0.25) is 0 Å². The lowest BCUT2D eigenvalue weighted by molar-refractivity contribution is -0.116. The number of carbonyl (C=O) groups is 2. The van der Waals surface area contributed by atoms with Crippen LogP contribution in [0, 0.1) is 13.8 Å². The molecule has 3 aromatic rings. The van der Waals surface area contributed by atoms with Gasteiger partial charge in [0.2, 0.25) is 5.91 Å². The quantitative estimate of drug-likeness (QED) is 0.639. The van der Waals surface area contributed by atoms with Gasteiger partial charge in [-0.05, 0) is 44.5 Å². The molecule has 9 nitrogen and oxygen atoms in total. The van der Waals surface area contributed by atoms with Gasteiger partial charge in [0.05, 0.1) is 17.6 Å². The number of aromatic nitrogens is 3. The largest absolute Gasteiger partial charge is 0.462 e. The van der Waals surface area contributed by atoms with Crippen LogP contribution in [0.4, 0.5) is 5.69 Å². The molecule has 0 atom stereocenters. The number of pyridine rings is 1. The van der Waals surface area contributed by atoms with E-state index in [4.69, 9.17) is 4.74 Å². The molecule has 0 fully saturated rings. The Morgan fingerprint density at radius 2 is 1.90 bits per heavy atom. The summed E-state index contributed by atoms with van der Waals surface area (Å²) in [5.41, 5.74) is 0.538. The normalized spacial score (nSPS) is 10.8. The van der Waals surface area contributed by atoms with Crippen LogP contribution in [-0.2, 0) is 23.1 Å². The topological polar surface area (TPSA) is 112 Å². The number of amides is 1. The minimum absolute atomic E-state index is 0.00722. The molecule has 0 unspecified atom stereocenters. The molecule has 1 amide bonds. The van der Waals surface area contributed by atoms with Crippen LogP contribution in [0.15, 0.2) is 39.9 Å². The zero-order valence-electron chi connectivity index (χ0n) is 17.2. The van der Waals surface area contributed by atoms with E-state index in [-0.39, 0.29) is 23.2 Å². The molecule has 3 rings (SSSR count). The third kappa shape index (κ3) is 4.00. The number of esters is 1.